The summed E-state index contributed by atoms with van der Waals surface area (Å²) < 4.78 is 5.24. The number of benzene rings is 1. The summed E-state index contributed by atoms with van der Waals surface area (Å²) in [5.41, 5.74) is 1.64. The summed E-state index contributed by atoms with van der Waals surface area (Å²) in [6, 6.07) is 11.1. The molecule has 0 N–H and O–H groups in total. The van der Waals surface area contributed by atoms with Crippen molar-refractivity contribution in [1.82, 2.24) is 0 Å². The van der Waals surface area contributed by atoms with Gasteiger partial charge < -0.3 is 4.42 Å². The topological polar surface area (TPSA) is 30.2 Å². The van der Waals surface area contributed by atoms with Crippen molar-refractivity contribution in [3.8, 4) is 11.3 Å². The predicted octanol–water partition coefficient (Wildman–Crippen LogP) is 3.15. The Hall–Kier alpha value is -1.83. The standard InChI is InChI=1S/C12H10O2/c1-9(13)10-4-2-5-11(8-10)12-6-3-7-14-12/h2-8H,1H3. The van der Waals surface area contributed by atoms with Gasteiger partial charge in [-0.3, -0.25) is 4.79 Å². The largest absolute Gasteiger partial charge is 0.464 e. The normalized spacial score (nSPS) is 10.1. The fraction of sp³-hybridized carbons (Fsp3) is 0.0833. The lowest BCUT2D eigenvalue weighted by molar-refractivity contribution is 0.101. The molecule has 14 heavy (non-hydrogen) atoms. The average Bonchev–Trinajstić information content (AvgIpc) is 2.71. The van der Waals surface area contributed by atoms with Gasteiger partial charge in [-0.15, -0.1) is 0 Å². The monoisotopic (exact) mass is 186 g/mol. The first kappa shape index (κ1) is 8.75. The molecule has 0 aliphatic rings. The SMILES string of the molecule is CC(=O)c1cccc(-c2ccco2)c1. The Morgan fingerprint density at radius 3 is 2.71 bits per heavy atom. The summed E-state index contributed by atoms with van der Waals surface area (Å²) in [6.45, 7) is 1.56. The number of hydrogen-bond donors (Lipinski definition) is 0. The van der Waals surface area contributed by atoms with Gasteiger partial charge in [0.1, 0.15) is 5.76 Å². The molecular formula is C12H10O2. The van der Waals surface area contributed by atoms with Crippen molar-refractivity contribution in [2.24, 2.45) is 0 Å². The molecule has 0 bridgehead atoms. The van der Waals surface area contributed by atoms with Crippen molar-refractivity contribution in [3.05, 3.63) is 48.2 Å². The number of ketones is 1. The van der Waals surface area contributed by atoms with Gasteiger partial charge in [-0.1, -0.05) is 18.2 Å². The zero-order chi connectivity index (χ0) is 9.97. The average molecular weight is 186 g/mol. The molecule has 0 aliphatic heterocycles. The summed E-state index contributed by atoms with van der Waals surface area (Å²) in [6.07, 6.45) is 1.62. The van der Waals surface area contributed by atoms with E-state index in [4.69, 9.17) is 4.42 Å². The predicted molar refractivity (Wildman–Crippen MR) is 54.1 cm³/mol. The van der Waals surface area contributed by atoms with Crippen LogP contribution < -0.4 is 0 Å². The molecule has 70 valence electrons. The van der Waals surface area contributed by atoms with Crippen molar-refractivity contribution in [2.45, 2.75) is 6.92 Å². The summed E-state index contributed by atoms with van der Waals surface area (Å²) in [5.74, 6) is 0.853. The minimum atomic E-state index is 0.0680. The van der Waals surface area contributed by atoms with E-state index in [2.05, 4.69) is 0 Å². The van der Waals surface area contributed by atoms with Gasteiger partial charge >= 0.3 is 0 Å². The molecule has 0 atom stereocenters. The number of carbonyl (C=O) groups is 1. The van der Waals surface area contributed by atoms with Gasteiger partial charge in [-0.05, 0) is 25.1 Å². The van der Waals surface area contributed by atoms with Crippen molar-refractivity contribution >= 4 is 5.78 Å². The first-order chi connectivity index (χ1) is 6.77. The van der Waals surface area contributed by atoms with Crippen molar-refractivity contribution in [1.29, 1.82) is 0 Å². The van der Waals surface area contributed by atoms with E-state index in [-0.39, 0.29) is 5.78 Å². The molecule has 0 radical (unpaired) electrons. The van der Waals surface area contributed by atoms with Crippen LogP contribution in [-0.2, 0) is 0 Å². The van der Waals surface area contributed by atoms with Crippen LogP contribution in [0.2, 0.25) is 0 Å². The maximum atomic E-state index is 11.1. The molecule has 0 saturated heterocycles. The van der Waals surface area contributed by atoms with Crippen LogP contribution >= 0.6 is 0 Å². The molecule has 2 heteroatoms. The third-order valence-electron chi connectivity index (χ3n) is 2.07. The van der Waals surface area contributed by atoms with Gasteiger partial charge in [0, 0.05) is 11.1 Å². The Balaban J connectivity index is 2.46. The second kappa shape index (κ2) is 3.50. The van der Waals surface area contributed by atoms with Gasteiger partial charge in [-0.2, -0.15) is 0 Å². The van der Waals surface area contributed by atoms with Crippen LogP contribution in [0, 0.1) is 0 Å². The quantitative estimate of drug-likeness (QED) is 0.674. The molecule has 0 unspecified atom stereocenters. The van der Waals surface area contributed by atoms with Gasteiger partial charge in [0.25, 0.3) is 0 Å². The molecule has 2 rings (SSSR count). The zero-order valence-corrected chi connectivity index (χ0v) is 7.86. The van der Waals surface area contributed by atoms with Crippen molar-refractivity contribution in [3.63, 3.8) is 0 Å². The lowest BCUT2D eigenvalue weighted by atomic mass is 10.1. The van der Waals surface area contributed by atoms with Crippen molar-refractivity contribution in [2.75, 3.05) is 0 Å². The highest BCUT2D eigenvalue weighted by molar-refractivity contribution is 5.95. The number of hydrogen-bond acceptors (Lipinski definition) is 2. The van der Waals surface area contributed by atoms with Crippen LogP contribution in [0.5, 0.6) is 0 Å². The highest BCUT2D eigenvalue weighted by atomic mass is 16.3. The second-order valence-electron chi connectivity index (χ2n) is 3.11. The van der Waals surface area contributed by atoms with Crippen LogP contribution in [0.1, 0.15) is 17.3 Å². The summed E-state index contributed by atoms with van der Waals surface area (Å²) >= 11 is 0. The lowest BCUT2D eigenvalue weighted by Crippen LogP contribution is -1.91. The Bertz CT molecular complexity index is 441. The second-order valence-corrected chi connectivity index (χ2v) is 3.11. The Labute approximate surface area is 82.2 Å². The lowest BCUT2D eigenvalue weighted by Gasteiger charge is -1.99. The van der Waals surface area contributed by atoms with Gasteiger partial charge in [0.05, 0.1) is 6.26 Å². The number of Topliss-reactive ketones (excluding diaryl/α,β-unsaturated/α-hetero) is 1. The molecule has 2 aromatic rings. The van der Waals surface area contributed by atoms with E-state index in [9.17, 15) is 4.79 Å². The molecule has 1 aromatic heterocycles. The first-order valence-electron chi connectivity index (χ1n) is 4.42. The summed E-state index contributed by atoms with van der Waals surface area (Å²) in [5, 5.41) is 0. The molecule has 2 nitrogen and oxygen atoms in total. The van der Waals surface area contributed by atoms with Crippen LogP contribution in [0.4, 0.5) is 0 Å². The van der Waals surface area contributed by atoms with E-state index in [1.807, 2.05) is 30.3 Å². The van der Waals surface area contributed by atoms with Gasteiger partial charge in [0.2, 0.25) is 0 Å². The molecule has 0 fully saturated rings. The molecular weight excluding hydrogens is 176 g/mol. The Morgan fingerprint density at radius 2 is 2.07 bits per heavy atom. The molecule has 0 saturated carbocycles. The van der Waals surface area contributed by atoms with E-state index in [0.29, 0.717) is 5.56 Å². The maximum Gasteiger partial charge on any atom is 0.159 e. The smallest absolute Gasteiger partial charge is 0.159 e. The Morgan fingerprint density at radius 1 is 1.21 bits per heavy atom. The first-order valence-corrected chi connectivity index (χ1v) is 4.42. The summed E-state index contributed by atoms with van der Waals surface area (Å²) in [4.78, 5) is 11.1. The van der Waals surface area contributed by atoms with E-state index in [1.165, 1.54) is 0 Å². The van der Waals surface area contributed by atoms with Gasteiger partial charge in [0.15, 0.2) is 5.78 Å². The third-order valence-corrected chi connectivity index (χ3v) is 2.07. The van der Waals surface area contributed by atoms with Crippen molar-refractivity contribution < 1.29 is 9.21 Å². The number of furan rings is 1. The van der Waals surface area contributed by atoms with Gasteiger partial charge in [-0.25, -0.2) is 0 Å². The fourth-order valence-electron chi connectivity index (χ4n) is 1.33. The molecule has 1 aromatic carbocycles. The third kappa shape index (κ3) is 1.59. The molecule has 0 aliphatic carbocycles. The Kier molecular flexibility index (Phi) is 2.19. The molecule has 1 heterocycles. The molecule has 0 spiro atoms. The fourth-order valence-corrected chi connectivity index (χ4v) is 1.33. The highest BCUT2D eigenvalue weighted by Gasteiger charge is 2.03. The van der Waals surface area contributed by atoms with E-state index >= 15 is 0 Å². The minimum Gasteiger partial charge on any atom is -0.464 e. The molecule has 0 amide bonds. The highest BCUT2D eigenvalue weighted by Crippen LogP contribution is 2.20. The van der Waals surface area contributed by atoms with Crippen LogP contribution in [0.3, 0.4) is 0 Å². The van der Waals surface area contributed by atoms with E-state index < -0.39 is 0 Å². The summed E-state index contributed by atoms with van der Waals surface area (Å²) in [7, 11) is 0. The minimum absolute atomic E-state index is 0.0680. The van der Waals surface area contributed by atoms with E-state index in [1.54, 1.807) is 19.3 Å². The number of rotatable bonds is 2. The van der Waals surface area contributed by atoms with E-state index in [0.717, 1.165) is 11.3 Å². The zero-order valence-electron chi connectivity index (χ0n) is 7.86. The number of carbonyl (C=O) groups excluding carboxylic acids is 1. The van der Waals surface area contributed by atoms with Crippen LogP contribution in [0.25, 0.3) is 11.3 Å². The maximum absolute atomic E-state index is 11.1. The van der Waals surface area contributed by atoms with Crippen LogP contribution in [-0.4, -0.2) is 5.78 Å². The van der Waals surface area contributed by atoms with Crippen LogP contribution in [0.15, 0.2) is 47.1 Å².